The van der Waals surface area contributed by atoms with Crippen LogP contribution in [-0.4, -0.2) is 31.1 Å². The summed E-state index contributed by atoms with van der Waals surface area (Å²) in [6.45, 7) is 0. The predicted molar refractivity (Wildman–Crippen MR) is 134 cm³/mol. The van der Waals surface area contributed by atoms with Gasteiger partial charge in [-0.25, -0.2) is 0 Å². The van der Waals surface area contributed by atoms with Gasteiger partial charge in [-0.3, -0.25) is 9.59 Å². The van der Waals surface area contributed by atoms with Gasteiger partial charge in [0.2, 0.25) is 5.91 Å². The topological polar surface area (TPSA) is 115 Å². The molecule has 0 aliphatic heterocycles. The quantitative estimate of drug-likeness (QED) is 0.364. The fourth-order valence-corrected chi connectivity index (χ4v) is 3.46. The predicted octanol–water partition coefficient (Wildman–Crippen LogP) is 4.52. The Hall–Kier alpha value is -3.82. The number of rotatable bonds is 7. The van der Waals surface area contributed by atoms with E-state index < -0.39 is 11.8 Å². The molecule has 0 saturated carbocycles. The molecular formula is C23H21ClN4O4S. The summed E-state index contributed by atoms with van der Waals surface area (Å²) in [5.74, 6) is -0.291. The van der Waals surface area contributed by atoms with Gasteiger partial charge in [-0.2, -0.15) is 0 Å². The van der Waals surface area contributed by atoms with E-state index in [1.165, 1.54) is 26.4 Å². The Morgan fingerprint density at radius 3 is 2.18 bits per heavy atom. The Bertz CT molecular complexity index is 1200. The molecule has 0 spiro atoms. The van der Waals surface area contributed by atoms with Crippen LogP contribution in [0.15, 0.2) is 60.7 Å². The van der Waals surface area contributed by atoms with Crippen molar-refractivity contribution in [3.63, 3.8) is 0 Å². The summed E-state index contributed by atoms with van der Waals surface area (Å²) in [6, 6.07) is 16.6. The minimum atomic E-state index is -0.724. The summed E-state index contributed by atoms with van der Waals surface area (Å²) in [5, 5.41) is 9.28. The number of thiocarbonyl (C=S) groups is 1. The van der Waals surface area contributed by atoms with Crippen LogP contribution in [-0.2, 0) is 0 Å². The maximum atomic E-state index is 12.8. The van der Waals surface area contributed by atoms with Crippen molar-refractivity contribution in [2.45, 2.75) is 0 Å². The summed E-state index contributed by atoms with van der Waals surface area (Å²) in [5.41, 5.74) is 7.19. The van der Waals surface area contributed by atoms with Crippen LogP contribution in [0.4, 0.5) is 17.1 Å². The van der Waals surface area contributed by atoms with Crippen molar-refractivity contribution >= 4 is 57.8 Å². The number of hydrogen-bond donors (Lipinski definition) is 4. The van der Waals surface area contributed by atoms with Gasteiger partial charge in [0.05, 0.1) is 36.1 Å². The molecule has 0 heterocycles. The first kappa shape index (κ1) is 23.8. The Labute approximate surface area is 201 Å². The number of ether oxygens (including phenoxy) is 2. The van der Waals surface area contributed by atoms with E-state index in [4.69, 9.17) is 39.0 Å². The standard InChI is InChI=1S/C23H21ClN4O4S/c1-31-19-12-20(32-2)18(11-17(19)24)28-23(33)27-14-8-9-15(21(25)29)16(10-14)22(30)26-13-6-4-3-5-7-13/h3-12H,1-2H3,(H2,25,29)(H,26,30)(H2,27,28,33). The number of methoxy groups -OCH3 is 2. The van der Waals surface area contributed by atoms with Gasteiger partial charge in [0.25, 0.3) is 5.91 Å². The van der Waals surface area contributed by atoms with E-state index in [9.17, 15) is 9.59 Å². The third-order valence-electron chi connectivity index (χ3n) is 4.54. The van der Waals surface area contributed by atoms with Crippen LogP contribution in [0.5, 0.6) is 11.5 Å². The fraction of sp³-hybridized carbons (Fsp3) is 0.0870. The van der Waals surface area contributed by atoms with E-state index in [0.29, 0.717) is 33.6 Å². The van der Waals surface area contributed by atoms with Crippen LogP contribution in [0.25, 0.3) is 0 Å². The Morgan fingerprint density at radius 1 is 0.848 bits per heavy atom. The van der Waals surface area contributed by atoms with E-state index >= 15 is 0 Å². The van der Waals surface area contributed by atoms with E-state index in [1.54, 1.807) is 42.5 Å². The molecule has 33 heavy (non-hydrogen) atoms. The second kappa shape index (κ2) is 10.7. The monoisotopic (exact) mass is 484 g/mol. The lowest BCUT2D eigenvalue weighted by Gasteiger charge is -2.16. The highest BCUT2D eigenvalue weighted by Crippen LogP contribution is 2.36. The molecule has 0 fully saturated rings. The van der Waals surface area contributed by atoms with Crippen molar-refractivity contribution in [3.8, 4) is 11.5 Å². The molecule has 170 valence electrons. The van der Waals surface area contributed by atoms with Crippen molar-refractivity contribution in [1.82, 2.24) is 0 Å². The van der Waals surface area contributed by atoms with Gasteiger partial charge in [-0.1, -0.05) is 29.8 Å². The van der Waals surface area contributed by atoms with Crippen molar-refractivity contribution in [1.29, 1.82) is 0 Å². The average molecular weight is 485 g/mol. The van der Waals surface area contributed by atoms with E-state index in [0.717, 1.165) is 0 Å². The highest BCUT2D eigenvalue weighted by molar-refractivity contribution is 7.80. The number of amides is 2. The van der Waals surface area contributed by atoms with Crippen LogP contribution < -0.4 is 31.2 Å². The number of nitrogens with two attached hydrogens (primary N) is 1. The van der Waals surface area contributed by atoms with Crippen LogP contribution >= 0.6 is 23.8 Å². The van der Waals surface area contributed by atoms with Crippen LogP contribution in [0, 0.1) is 0 Å². The van der Waals surface area contributed by atoms with E-state index in [1.807, 2.05) is 6.07 Å². The average Bonchev–Trinajstić information content (AvgIpc) is 2.79. The smallest absolute Gasteiger partial charge is 0.256 e. The molecule has 0 atom stereocenters. The first-order chi connectivity index (χ1) is 15.8. The summed E-state index contributed by atoms with van der Waals surface area (Å²) in [6.07, 6.45) is 0. The van der Waals surface area contributed by atoms with Gasteiger partial charge < -0.3 is 31.2 Å². The second-order valence-corrected chi connectivity index (χ2v) is 7.53. The van der Waals surface area contributed by atoms with Crippen molar-refractivity contribution in [2.75, 3.05) is 30.2 Å². The largest absolute Gasteiger partial charge is 0.495 e. The molecule has 0 saturated heterocycles. The zero-order valence-corrected chi connectivity index (χ0v) is 19.3. The second-order valence-electron chi connectivity index (χ2n) is 6.71. The molecule has 0 radical (unpaired) electrons. The summed E-state index contributed by atoms with van der Waals surface area (Å²) < 4.78 is 10.5. The fourth-order valence-electron chi connectivity index (χ4n) is 2.99. The molecule has 8 nitrogen and oxygen atoms in total. The maximum absolute atomic E-state index is 12.8. The molecule has 10 heteroatoms. The molecule has 2 amide bonds. The zero-order valence-electron chi connectivity index (χ0n) is 17.8. The highest BCUT2D eigenvalue weighted by Gasteiger charge is 2.17. The first-order valence-electron chi connectivity index (χ1n) is 9.62. The molecular weight excluding hydrogens is 464 g/mol. The van der Waals surface area contributed by atoms with Crippen molar-refractivity contribution in [3.05, 3.63) is 76.8 Å². The van der Waals surface area contributed by atoms with Gasteiger partial charge in [0, 0.05) is 17.4 Å². The highest BCUT2D eigenvalue weighted by atomic mass is 35.5. The minimum absolute atomic E-state index is 0.0801. The third-order valence-corrected chi connectivity index (χ3v) is 5.04. The molecule has 0 aliphatic carbocycles. The minimum Gasteiger partial charge on any atom is -0.495 e. The lowest BCUT2D eigenvalue weighted by Crippen LogP contribution is -2.22. The number of halogens is 1. The summed E-state index contributed by atoms with van der Waals surface area (Å²) in [7, 11) is 3.01. The molecule has 0 bridgehead atoms. The van der Waals surface area contributed by atoms with E-state index in [2.05, 4.69) is 16.0 Å². The zero-order chi connectivity index (χ0) is 24.0. The van der Waals surface area contributed by atoms with Crippen LogP contribution in [0.2, 0.25) is 5.02 Å². The van der Waals surface area contributed by atoms with Gasteiger partial charge in [-0.15, -0.1) is 0 Å². The van der Waals surface area contributed by atoms with Crippen LogP contribution in [0.1, 0.15) is 20.7 Å². The number of benzene rings is 3. The lowest BCUT2D eigenvalue weighted by atomic mass is 10.0. The molecule has 0 unspecified atom stereocenters. The number of hydrogen-bond acceptors (Lipinski definition) is 5. The van der Waals surface area contributed by atoms with Gasteiger partial charge in [-0.05, 0) is 48.6 Å². The third kappa shape index (κ3) is 5.91. The lowest BCUT2D eigenvalue weighted by molar-refractivity contribution is 0.0977. The van der Waals surface area contributed by atoms with Gasteiger partial charge in [0.15, 0.2) is 5.11 Å². The number of primary amides is 1. The van der Waals surface area contributed by atoms with Crippen molar-refractivity contribution in [2.24, 2.45) is 5.73 Å². The molecule has 5 N–H and O–H groups in total. The molecule has 3 aromatic rings. The normalized spacial score (nSPS) is 10.2. The van der Waals surface area contributed by atoms with Gasteiger partial charge >= 0.3 is 0 Å². The molecule has 0 aliphatic rings. The Morgan fingerprint density at radius 2 is 1.55 bits per heavy atom. The van der Waals surface area contributed by atoms with Gasteiger partial charge in [0.1, 0.15) is 11.5 Å². The molecule has 0 aromatic heterocycles. The summed E-state index contributed by atoms with van der Waals surface area (Å²) >= 11 is 11.6. The number of nitrogens with one attached hydrogen (secondary N) is 3. The van der Waals surface area contributed by atoms with Crippen LogP contribution in [0.3, 0.4) is 0 Å². The number of carbonyl (C=O) groups is 2. The SMILES string of the molecule is COc1cc(OC)c(NC(=S)Nc2ccc(C(N)=O)c(C(=O)Nc3ccccc3)c2)cc1Cl. The number of para-hydroxylation sites is 1. The molecule has 3 aromatic carbocycles. The van der Waals surface area contributed by atoms with E-state index in [-0.39, 0.29) is 16.2 Å². The Balaban J connectivity index is 1.82. The molecule has 3 rings (SSSR count). The van der Waals surface area contributed by atoms with Crippen molar-refractivity contribution < 1.29 is 19.1 Å². The number of anilines is 3. The number of carbonyl (C=O) groups excluding carboxylic acids is 2. The maximum Gasteiger partial charge on any atom is 0.256 e. The first-order valence-corrected chi connectivity index (χ1v) is 10.4. The summed E-state index contributed by atoms with van der Waals surface area (Å²) in [4.78, 5) is 24.7. The Kier molecular flexibility index (Phi) is 7.70.